The summed E-state index contributed by atoms with van der Waals surface area (Å²) in [5.41, 5.74) is 1.26. The number of tetrazole rings is 1. The van der Waals surface area contributed by atoms with Gasteiger partial charge < -0.3 is 10.1 Å². The van der Waals surface area contributed by atoms with E-state index in [1.165, 1.54) is 16.3 Å². The lowest BCUT2D eigenvalue weighted by Gasteiger charge is -2.25. The van der Waals surface area contributed by atoms with Crippen molar-refractivity contribution >= 4 is 16.7 Å². The standard InChI is InChI=1S/C22H28N6O2/c29-22(23-11-10-19-7-3-6-18-5-1-2-8-20(18)19)9-4-12-28-21(24-25-26-28)17-27-13-15-30-16-14-27/h1-3,5-8H,4,9-17H2,(H,23,29). The normalized spacial score (nSPS) is 14.8. The molecule has 158 valence electrons. The third-order valence-corrected chi connectivity index (χ3v) is 5.44. The second-order valence-corrected chi connectivity index (χ2v) is 7.55. The maximum absolute atomic E-state index is 12.2. The molecule has 0 radical (unpaired) electrons. The molecule has 1 saturated heterocycles. The van der Waals surface area contributed by atoms with Crippen molar-refractivity contribution in [1.29, 1.82) is 0 Å². The van der Waals surface area contributed by atoms with Gasteiger partial charge in [-0.1, -0.05) is 42.5 Å². The Morgan fingerprint density at radius 3 is 2.83 bits per heavy atom. The van der Waals surface area contributed by atoms with Gasteiger partial charge in [0, 0.05) is 32.6 Å². The van der Waals surface area contributed by atoms with Crippen LogP contribution in [0.3, 0.4) is 0 Å². The Hall–Kier alpha value is -2.84. The molecule has 2 aromatic carbocycles. The lowest BCUT2D eigenvalue weighted by Crippen LogP contribution is -2.36. The second kappa shape index (κ2) is 10.3. The molecule has 0 spiro atoms. The number of nitrogens with one attached hydrogen (secondary N) is 1. The van der Waals surface area contributed by atoms with E-state index in [1.54, 1.807) is 4.68 Å². The van der Waals surface area contributed by atoms with Crippen LogP contribution in [0.5, 0.6) is 0 Å². The number of hydrogen-bond acceptors (Lipinski definition) is 6. The molecular weight excluding hydrogens is 380 g/mol. The fraction of sp³-hybridized carbons (Fsp3) is 0.455. The molecule has 0 unspecified atom stereocenters. The van der Waals surface area contributed by atoms with Crippen LogP contribution in [-0.2, 0) is 29.0 Å². The van der Waals surface area contributed by atoms with Crippen molar-refractivity contribution in [2.24, 2.45) is 0 Å². The van der Waals surface area contributed by atoms with Crippen LogP contribution in [0.25, 0.3) is 10.8 Å². The molecule has 1 fully saturated rings. The average molecular weight is 409 g/mol. The predicted molar refractivity (Wildman–Crippen MR) is 114 cm³/mol. The number of morpholine rings is 1. The highest BCUT2D eigenvalue weighted by Gasteiger charge is 2.15. The third kappa shape index (κ3) is 5.40. The first-order valence-corrected chi connectivity index (χ1v) is 10.6. The fourth-order valence-corrected chi connectivity index (χ4v) is 3.79. The summed E-state index contributed by atoms with van der Waals surface area (Å²) in [4.78, 5) is 14.5. The highest BCUT2D eigenvalue weighted by atomic mass is 16.5. The highest BCUT2D eigenvalue weighted by Crippen LogP contribution is 2.18. The Morgan fingerprint density at radius 2 is 1.93 bits per heavy atom. The Balaban J connectivity index is 1.19. The van der Waals surface area contributed by atoms with E-state index in [9.17, 15) is 4.79 Å². The number of nitrogens with zero attached hydrogens (tertiary/aromatic N) is 5. The van der Waals surface area contributed by atoms with E-state index < -0.39 is 0 Å². The van der Waals surface area contributed by atoms with Gasteiger partial charge >= 0.3 is 0 Å². The number of carbonyl (C=O) groups excluding carboxylic acids is 1. The van der Waals surface area contributed by atoms with E-state index >= 15 is 0 Å². The van der Waals surface area contributed by atoms with Crippen molar-refractivity contribution in [2.75, 3.05) is 32.8 Å². The van der Waals surface area contributed by atoms with E-state index in [0.717, 1.165) is 38.5 Å². The number of rotatable bonds is 9. The molecule has 2 heterocycles. The number of carbonyl (C=O) groups is 1. The predicted octanol–water partition coefficient (Wildman–Crippen LogP) is 1.80. The lowest BCUT2D eigenvalue weighted by atomic mass is 10.0. The molecule has 30 heavy (non-hydrogen) atoms. The van der Waals surface area contributed by atoms with Crippen molar-refractivity contribution in [3.05, 3.63) is 53.9 Å². The number of fused-ring (bicyclic) bond motifs is 1. The number of hydrogen-bond donors (Lipinski definition) is 1. The summed E-state index contributed by atoms with van der Waals surface area (Å²) in [6.45, 7) is 5.29. The van der Waals surface area contributed by atoms with Gasteiger partial charge in [0.25, 0.3) is 0 Å². The van der Waals surface area contributed by atoms with Crippen molar-refractivity contribution in [1.82, 2.24) is 30.4 Å². The van der Waals surface area contributed by atoms with Crippen molar-refractivity contribution in [3.63, 3.8) is 0 Å². The van der Waals surface area contributed by atoms with Gasteiger partial charge in [-0.05, 0) is 39.6 Å². The molecule has 4 rings (SSSR count). The summed E-state index contributed by atoms with van der Waals surface area (Å²) in [5, 5.41) is 17.5. The molecule has 0 saturated carbocycles. The number of ether oxygens (including phenoxy) is 1. The molecule has 8 heteroatoms. The van der Waals surface area contributed by atoms with Crippen LogP contribution in [0.15, 0.2) is 42.5 Å². The molecule has 1 aromatic heterocycles. The van der Waals surface area contributed by atoms with E-state index in [-0.39, 0.29) is 5.91 Å². The topological polar surface area (TPSA) is 85.2 Å². The Labute approximate surface area is 176 Å². The summed E-state index contributed by atoms with van der Waals surface area (Å²) in [6.07, 6.45) is 2.00. The Morgan fingerprint density at radius 1 is 1.10 bits per heavy atom. The molecule has 1 N–H and O–H groups in total. The minimum Gasteiger partial charge on any atom is -0.379 e. The number of aromatic nitrogens is 4. The zero-order chi connectivity index (χ0) is 20.6. The van der Waals surface area contributed by atoms with Gasteiger partial charge in [-0.25, -0.2) is 4.68 Å². The SMILES string of the molecule is O=C(CCCn1nnnc1CN1CCOCC1)NCCc1cccc2ccccc12. The van der Waals surface area contributed by atoms with Crippen molar-refractivity contribution < 1.29 is 9.53 Å². The first-order valence-electron chi connectivity index (χ1n) is 10.6. The molecule has 0 aliphatic carbocycles. The minimum absolute atomic E-state index is 0.0676. The fourth-order valence-electron chi connectivity index (χ4n) is 3.79. The quantitative estimate of drug-likeness (QED) is 0.581. The smallest absolute Gasteiger partial charge is 0.220 e. The van der Waals surface area contributed by atoms with Gasteiger partial charge in [0.1, 0.15) is 0 Å². The Bertz CT molecular complexity index is 962. The van der Waals surface area contributed by atoms with Gasteiger partial charge in [-0.15, -0.1) is 5.10 Å². The second-order valence-electron chi connectivity index (χ2n) is 7.55. The largest absolute Gasteiger partial charge is 0.379 e. The van der Waals surface area contributed by atoms with Gasteiger partial charge in [0.15, 0.2) is 5.82 Å². The Kier molecular flexibility index (Phi) is 6.99. The van der Waals surface area contributed by atoms with Crippen LogP contribution in [0, 0.1) is 0 Å². The summed E-state index contributed by atoms with van der Waals surface area (Å²) in [6, 6.07) is 14.7. The van der Waals surface area contributed by atoms with Crippen LogP contribution in [0.1, 0.15) is 24.2 Å². The zero-order valence-electron chi connectivity index (χ0n) is 17.2. The van der Waals surface area contributed by atoms with E-state index in [4.69, 9.17) is 4.74 Å². The lowest BCUT2D eigenvalue weighted by molar-refractivity contribution is -0.121. The van der Waals surface area contributed by atoms with Crippen LogP contribution < -0.4 is 5.32 Å². The third-order valence-electron chi connectivity index (χ3n) is 5.44. The van der Waals surface area contributed by atoms with Crippen molar-refractivity contribution in [2.45, 2.75) is 32.4 Å². The first kappa shape index (κ1) is 20.4. The average Bonchev–Trinajstić information content (AvgIpc) is 3.21. The van der Waals surface area contributed by atoms with Gasteiger partial charge in [0.2, 0.25) is 5.91 Å². The van der Waals surface area contributed by atoms with Gasteiger partial charge in [-0.2, -0.15) is 0 Å². The van der Waals surface area contributed by atoms with Crippen molar-refractivity contribution in [3.8, 4) is 0 Å². The van der Waals surface area contributed by atoms with Crippen LogP contribution in [-0.4, -0.2) is 63.9 Å². The number of amides is 1. The molecule has 1 amide bonds. The summed E-state index contributed by atoms with van der Waals surface area (Å²) in [5.74, 6) is 0.909. The molecular formula is C22H28N6O2. The minimum atomic E-state index is 0.0676. The maximum atomic E-state index is 12.2. The van der Waals surface area contributed by atoms with Crippen LogP contribution in [0.4, 0.5) is 0 Å². The highest BCUT2D eigenvalue weighted by molar-refractivity contribution is 5.85. The molecule has 0 atom stereocenters. The first-order chi connectivity index (χ1) is 14.8. The summed E-state index contributed by atoms with van der Waals surface area (Å²) >= 11 is 0. The van der Waals surface area contributed by atoms with E-state index in [0.29, 0.717) is 32.5 Å². The molecule has 1 aliphatic rings. The molecule has 8 nitrogen and oxygen atoms in total. The monoisotopic (exact) mass is 408 g/mol. The molecule has 3 aromatic rings. The number of benzene rings is 2. The zero-order valence-corrected chi connectivity index (χ0v) is 17.2. The summed E-state index contributed by atoms with van der Waals surface area (Å²) in [7, 11) is 0. The molecule has 1 aliphatic heterocycles. The maximum Gasteiger partial charge on any atom is 0.220 e. The van der Waals surface area contributed by atoms with Gasteiger partial charge in [0.05, 0.1) is 19.8 Å². The van der Waals surface area contributed by atoms with Crippen LogP contribution in [0.2, 0.25) is 0 Å². The van der Waals surface area contributed by atoms with Crippen LogP contribution >= 0.6 is 0 Å². The van der Waals surface area contributed by atoms with E-state index in [2.05, 4.69) is 62.1 Å². The molecule has 0 bridgehead atoms. The summed E-state index contributed by atoms with van der Waals surface area (Å²) < 4.78 is 7.18. The van der Waals surface area contributed by atoms with Gasteiger partial charge in [-0.3, -0.25) is 9.69 Å². The van der Waals surface area contributed by atoms with E-state index in [1.807, 2.05) is 6.07 Å². The number of aryl methyl sites for hydroxylation is 1.